The molecule has 0 bridgehead atoms. The molecule has 6 heteroatoms. The summed E-state index contributed by atoms with van der Waals surface area (Å²) in [7, 11) is 1.64. The Morgan fingerprint density at radius 3 is 2.86 bits per heavy atom. The SMILES string of the molecule is COc1cccc(CSc2n[nH]c(-c3ccccc3F)n2)c1. The lowest BCUT2D eigenvalue weighted by Gasteiger charge is -2.02. The Balaban J connectivity index is 1.71. The topological polar surface area (TPSA) is 50.8 Å². The minimum absolute atomic E-state index is 0.317. The van der Waals surface area contributed by atoms with Crippen LogP contribution in [0.25, 0.3) is 11.4 Å². The normalized spacial score (nSPS) is 10.6. The Hall–Kier alpha value is -2.34. The number of nitrogens with zero attached hydrogens (tertiary/aromatic N) is 2. The number of rotatable bonds is 5. The second-order valence-corrected chi connectivity index (χ2v) is 5.53. The molecule has 112 valence electrons. The Morgan fingerprint density at radius 1 is 1.18 bits per heavy atom. The number of benzene rings is 2. The quantitative estimate of drug-likeness (QED) is 0.725. The summed E-state index contributed by atoms with van der Waals surface area (Å²) < 4.78 is 18.9. The van der Waals surface area contributed by atoms with Gasteiger partial charge < -0.3 is 4.74 Å². The molecule has 0 saturated carbocycles. The highest BCUT2D eigenvalue weighted by Gasteiger charge is 2.10. The van der Waals surface area contributed by atoms with Crippen molar-refractivity contribution in [2.75, 3.05) is 7.11 Å². The average Bonchev–Trinajstić information content (AvgIpc) is 3.02. The summed E-state index contributed by atoms with van der Waals surface area (Å²) in [6.07, 6.45) is 0. The molecule has 0 spiro atoms. The van der Waals surface area contributed by atoms with Crippen LogP contribution in [-0.4, -0.2) is 22.3 Å². The zero-order valence-electron chi connectivity index (χ0n) is 11.9. The number of thioether (sulfide) groups is 1. The van der Waals surface area contributed by atoms with E-state index in [2.05, 4.69) is 15.2 Å². The van der Waals surface area contributed by atoms with Crippen LogP contribution in [0.15, 0.2) is 53.7 Å². The smallest absolute Gasteiger partial charge is 0.209 e. The predicted octanol–water partition coefficient (Wildman–Crippen LogP) is 3.91. The number of aromatic amines is 1. The minimum Gasteiger partial charge on any atom is -0.497 e. The summed E-state index contributed by atoms with van der Waals surface area (Å²) in [5, 5.41) is 7.48. The number of halogens is 1. The van der Waals surface area contributed by atoms with Crippen molar-refractivity contribution in [1.29, 1.82) is 0 Å². The molecule has 1 heterocycles. The molecule has 3 rings (SSSR count). The number of H-pyrrole nitrogens is 1. The molecule has 0 unspecified atom stereocenters. The van der Waals surface area contributed by atoms with Gasteiger partial charge in [0, 0.05) is 5.75 Å². The van der Waals surface area contributed by atoms with Crippen molar-refractivity contribution < 1.29 is 9.13 Å². The Kier molecular flexibility index (Phi) is 4.39. The molecule has 1 N–H and O–H groups in total. The fourth-order valence-electron chi connectivity index (χ4n) is 1.99. The molecule has 2 aromatic carbocycles. The van der Waals surface area contributed by atoms with E-state index in [1.54, 1.807) is 25.3 Å². The molecule has 3 aromatic rings. The molecular formula is C16H14FN3OS. The average molecular weight is 315 g/mol. The van der Waals surface area contributed by atoms with Crippen molar-refractivity contribution in [2.24, 2.45) is 0 Å². The zero-order chi connectivity index (χ0) is 15.4. The highest BCUT2D eigenvalue weighted by molar-refractivity contribution is 7.98. The second-order valence-electron chi connectivity index (χ2n) is 4.59. The van der Waals surface area contributed by atoms with Gasteiger partial charge in [-0.3, -0.25) is 5.10 Å². The van der Waals surface area contributed by atoms with E-state index in [-0.39, 0.29) is 5.82 Å². The molecule has 0 fully saturated rings. The predicted molar refractivity (Wildman–Crippen MR) is 84.3 cm³/mol. The van der Waals surface area contributed by atoms with E-state index < -0.39 is 0 Å². The van der Waals surface area contributed by atoms with Crippen LogP contribution in [0.4, 0.5) is 4.39 Å². The lowest BCUT2D eigenvalue weighted by Crippen LogP contribution is -1.86. The van der Waals surface area contributed by atoms with E-state index in [1.807, 2.05) is 24.3 Å². The van der Waals surface area contributed by atoms with E-state index in [0.29, 0.717) is 22.3 Å². The van der Waals surface area contributed by atoms with Gasteiger partial charge in [-0.25, -0.2) is 9.37 Å². The number of methoxy groups -OCH3 is 1. The number of hydrogen-bond acceptors (Lipinski definition) is 4. The molecule has 22 heavy (non-hydrogen) atoms. The van der Waals surface area contributed by atoms with Gasteiger partial charge in [-0.15, -0.1) is 5.10 Å². The first-order valence-corrected chi connectivity index (χ1v) is 7.68. The Bertz CT molecular complexity index is 775. The summed E-state index contributed by atoms with van der Waals surface area (Å²) in [4.78, 5) is 4.32. The third-order valence-electron chi connectivity index (χ3n) is 3.10. The van der Waals surface area contributed by atoms with Gasteiger partial charge in [-0.05, 0) is 29.8 Å². The van der Waals surface area contributed by atoms with Crippen molar-refractivity contribution in [2.45, 2.75) is 10.9 Å². The van der Waals surface area contributed by atoms with Crippen LogP contribution in [-0.2, 0) is 5.75 Å². The van der Waals surface area contributed by atoms with Crippen molar-refractivity contribution in [1.82, 2.24) is 15.2 Å². The Morgan fingerprint density at radius 2 is 2.05 bits per heavy atom. The minimum atomic E-state index is -0.317. The molecule has 0 aliphatic carbocycles. The van der Waals surface area contributed by atoms with Crippen LogP contribution in [0.3, 0.4) is 0 Å². The summed E-state index contributed by atoms with van der Waals surface area (Å²) >= 11 is 1.48. The largest absolute Gasteiger partial charge is 0.497 e. The maximum absolute atomic E-state index is 13.7. The highest BCUT2D eigenvalue weighted by Crippen LogP contribution is 2.25. The summed E-state index contributed by atoms with van der Waals surface area (Å²) in [6.45, 7) is 0. The lowest BCUT2D eigenvalue weighted by atomic mass is 10.2. The molecule has 0 atom stereocenters. The van der Waals surface area contributed by atoms with Gasteiger partial charge in [0.15, 0.2) is 5.82 Å². The van der Waals surface area contributed by atoms with Crippen molar-refractivity contribution in [3.05, 3.63) is 59.9 Å². The maximum atomic E-state index is 13.7. The molecule has 0 aliphatic heterocycles. The van der Waals surface area contributed by atoms with E-state index >= 15 is 0 Å². The number of nitrogens with one attached hydrogen (secondary N) is 1. The molecule has 0 radical (unpaired) electrons. The monoisotopic (exact) mass is 315 g/mol. The van der Waals surface area contributed by atoms with Crippen LogP contribution >= 0.6 is 11.8 Å². The fraction of sp³-hybridized carbons (Fsp3) is 0.125. The van der Waals surface area contributed by atoms with Crippen LogP contribution in [0.5, 0.6) is 5.75 Å². The third-order valence-corrected chi connectivity index (χ3v) is 4.01. The van der Waals surface area contributed by atoms with Crippen molar-refractivity contribution in [3.8, 4) is 17.1 Å². The van der Waals surface area contributed by atoms with Crippen LogP contribution in [0.2, 0.25) is 0 Å². The molecule has 0 saturated heterocycles. The van der Waals surface area contributed by atoms with Crippen LogP contribution < -0.4 is 4.74 Å². The maximum Gasteiger partial charge on any atom is 0.209 e. The van der Waals surface area contributed by atoms with Gasteiger partial charge in [0.25, 0.3) is 0 Å². The summed E-state index contributed by atoms with van der Waals surface area (Å²) in [5.74, 6) is 1.65. The van der Waals surface area contributed by atoms with E-state index in [1.165, 1.54) is 17.8 Å². The first kappa shape index (κ1) is 14.6. The fourth-order valence-corrected chi connectivity index (χ4v) is 2.74. The summed E-state index contributed by atoms with van der Waals surface area (Å²) in [5.41, 5.74) is 1.53. The lowest BCUT2D eigenvalue weighted by molar-refractivity contribution is 0.414. The van der Waals surface area contributed by atoms with Gasteiger partial charge in [0.05, 0.1) is 12.7 Å². The Labute approximate surface area is 131 Å². The van der Waals surface area contributed by atoms with Gasteiger partial charge in [0.2, 0.25) is 5.16 Å². The molecule has 1 aromatic heterocycles. The summed E-state index contributed by atoms with van der Waals surface area (Å²) in [6, 6.07) is 14.3. The first-order chi connectivity index (χ1) is 10.8. The zero-order valence-corrected chi connectivity index (χ0v) is 12.7. The van der Waals surface area contributed by atoms with Gasteiger partial charge in [-0.1, -0.05) is 36.0 Å². The molecular weight excluding hydrogens is 301 g/mol. The molecule has 0 amide bonds. The van der Waals surface area contributed by atoms with Gasteiger partial charge in [0.1, 0.15) is 11.6 Å². The van der Waals surface area contributed by atoms with E-state index in [9.17, 15) is 4.39 Å². The molecule has 4 nitrogen and oxygen atoms in total. The van der Waals surface area contributed by atoms with Gasteiger partial charge in [-0.2, -0.15) is 0 Å². The van der Waals surface area contributed by atoms with Crippen molar-refractivity contribution >= 4 is 11.8 Å². The van der Waals surface area contributed by atoms with E-state index in [4.69, 9.17) is 4.74 Å². The van der Waals surface area contributed by atoms with Crippen LogP contribution in [0.1, 0.15) is 5.56 Å². The number of aromatic nitrogens is 3. The molecule has 0 aliphatic rings. The number of ether oxygens (including phenoxy) is 1. The number of hydrogen-bond donors (Lipinski definition) is 1. The van der Waals surface area contributed by atoms with Crippen molar-refractivity contribution in [3.63, 3.8) is 0 Å². The van der Waals surface area contributed by atoms with Crippen LogP contribution in [0, 0.1) is 5.82 Å². The third kappa shape index (κ3) is 3.28. The standard InChI is InChI=1S/C16H14FN3OS/c1-21-12-6-4-5-11(9-12)10-22-16-18-15(19-20-16)13-7-2-3-8-14(13)17/h2-9H,10H2,1H3,(H,18,19,20). The highest BCUT2D eigenvalue weighted by atomic mass is 32.2. The first-order valence-electron chi connectivity index (χ1n) is 6.69. The van der Waals surface area contributed by atoms with Gasteiger partial charge >= 0.3 is 0 Å². The van der Waals surface area contributed by atoms with E-state index in [0.717, 1.165) is 11.3 Å². The second kappa shape index (κ2) is 6.62.